The van der Waals surface area contributed by atoms with Gasteiger partial charge in [-0.1, -0.05) is 56.2 Å². The third-order valence-electron chi connectivity index (χ3n) is 5.58. The van der Waals surface area contributed by atoms with E-state index in [2.05, 4.69) is 13.8 Å². The molecular formula is C25H30N2O2. The van der Waals surface area contributed by atoms with Crippen LogP contribution in [0.25, 0.3) is 5.57 Å². The van der Waals surface area contributed by atoms with Gasteiger partial charge in [0.05, 0.1) is 5.57 Å². The minimum atomic E-state index is -0.190. The van der Waals surface area contributed by atoms with Crippen LogP contribution >= 0.6 is 0 Å². The van der Waals surface area contributed by atoms with Gasteiger partial charge in [-0.2, -0.15) is 0 Å². The van der Waals surface area contributed by atoms with E-state index in [-0.39, 0.29) is 11.8 Å². The molecule has 2 aromatic rings. The van der Waals surface area contributed by atoms with Crippen molar-refractivity contribution in [2.45, 2.75) is 47.0 Å². The van der Waals surface area contributed by atoms with E-state index in [4.69, 9.17) is 0 Å². The minimum absolute atomic E-state index is 0.182. The zero-order chi connectivity index (χ0) is 21.0. The van der Waals surface area contributed by atoms with Crippen LogP contribution in [0.2, 0.25) is 0 Å². The van der Waals surface area contributed by atoms with Crippen molar-refractivity contribution < 1.29 is 9.59 Å². The zero-order valence-corrected chi connectivity index (χ0v) is 17.9. The highest BCUT2D eigenvalue weighted by Gasteiger charge is 2.41. The maximum Gasteiger partial charge on any atom is 0.278 e. The number of amides is 2. The summed E-state index contributed by atoms with van der Waals surface area (Å²) in [4.78, 5) is 30.2. The molecule has 0 saturated heterocycles. The van der Waals surface area contributed by atoms with E-state index in [1.807, 2.05) is 67.3 Å². The van der Waals surface area contributed by atoms with Gasteiger partial charge in [0.15, 0.2) is 0 Å². The molecule has 0 radical (unpaired) electrons. The molecule has 0 aliphatic carbocycles. The fraction of sp³-hybridized carbons (Fsp3) is 0.360. The van der Waals surface area contributed by atoms with Gasteiger partial charge in [-0.05, 0) is 56.0 Å². The lowest BCUT2D eigenvalue weighted by molar-refractivity contribution is -0.137. The van der Waals surface area contributed by atoms with Gasteiger partial charge in [-0.15, -0.1) is 0 Å². The Morgan fingerprint density at radius 2 is 1.59 bits per heavy atom. The summed E-state index contributed by atoms with van der Waals surface area (Å²) >= 11 is 0. The average Bonchev–Trinajstić information content (AvgIpc) is 2.96. The molecule has 4 nitrogen and oxygen atoms in total. The Morgan fingerprint density at radius 1 is 0.862 bits per heavy atom. The van der Waals surface area contributed by atoms with Crippen LogP contribution in [-0.2, 0) is 9.59 Å². The van der Waals surface area contributed by atoms with E-state index in [0.29, 0.717) is 24.4 Å². The van der Waals surface area contributed by atoms with Crippen LogP contribution in [0.1, 0.15) is 49.8 Å². The molecule has 2 aromatic carbocycles. The number of anilines is 1. The third-order valence-corrected chi connectivity index (χ3v) is 5.58. The summed E-state index contributed by atoms with van der Waals surface area (Å²) in [6.45, 7) is 9.29. The lowest BCUT2D eigenvalue weighted by atomic mass is 9.99. The Balaban J connectivity index is 2.12. The maximum absolute atomic E-state index is 13.4. The smallest absolute Gasteiger partial charge is 0.278 e. The Labute approximate surface area is 173 Å². The lowest BCUT2D eigenvalue weighted by Crippen LogP contribution is -2.36. The third kappa shape index (κ3) is 4.12. The largest absolute Gasteiger partial charge is 0.337 e. The molecule has 0 fully saturated rings. The van der Waals surface area contributed by atoms with Gasteiger partial charge in [0, 0.05) is 18.8 Å². The van der Waals surface area contributed by atoms with Crippen molar-refractivity contribution in [1.29, 1.82) is 0 Å². The normalized spacial score (nSPS) is 14.1. The van der Waals surface area contributed by atoms with Crippen molar-refractivity contribution in [3.05, 3.63) is 70.9 Å². The molecular weight excluding hydrogens is 360 g/mol. The van der Waals surface area contributed by atoms with Gasteiger partial charge in [-0.3, -0.25) is 14.5 Å². The predicted octanol–water partition coefficient (Wildman–Crippen LogP) is 5.10. The summed E-state index contributed by atoms with van der Waals surface area (Å²) in [7, 11) is 0. The Bertz CT molecular complexity index is 931. The van der Waals surface area contributed by atoms with Crippen LogP contribution in [0.5, 0.6) is 0 Å². The topological polar surface area (TPSA) is 40.6 Å². The van der Waals surface area contributed by atoms with E-state index in [0.717, 1.165) is 36.1 Å². The summed E-state index contributed by atoms with van der Waals surface area (Å²) in [6, 6.07) is 15.8. The molecule has 0 saturated carbocycles. The monoisotopic (exact) mass is 390 g/mol. The number of hydrogen-bond acceptors (Lipinski definition) is 3. The average molecular weight is 391 g/mol. The maximum atomic E-state index is 13.4. The number of unbranched alkanes of at least 4 members (excludes halogenated alkanes) is 2. The summed E-state index contributed by atoms with van der Waals surface area (Å²) in [5.74, 6) is -0.372. The summed E-state index contributed by atoms with van der Waals surface area (Å²) < 4.78 is 0. The SMILES string of the molecule is CCCCCN1C(=O)C(c2ccc(C)c(C)c2)=C(N(CC)c2ccccc2)C1=O. The van der Waals surface area contributed by atoms with Gasteiger partial charge in [-0.25, -0.2) is 0 Å². The molecule has 0 atom stereocenters. The van der Waals surface area contributed by atoms with Crippen molar-refractivity contribution in [2.75, 3.05) is 18.0 Å². The summed E-state index contributed by atoms with van der Waals surface area (Å²) in [5, 5.41) is 0. The number of aryl methyl sites for hydroxylation is 2. The fourth-order valence-electron chi connectivity index (χ4n) is 3.77. The van der Waals surface area contributed by atoms with E-state index in [9.17, 15) is 9.59 Å². The van der Waals surface area contributed by atoms with Crippen LogP contribution in [0.15, 0.2) is 54.2 Å². The van der Waals surface area contributed by atoms with Gasteiger partial charge >= 0.3 is 0 Å². The second-order valence-corrected chi connectivity index (χ2v) is 7.57. The van der Waals surface area contributed by atoms with E-state index < -0.39 is 0 Å². The molecule has 4 heteroatoms. The number of carbonyl (C=O) groups excluding carboxylic acids is 2. The Morgan fingerprint density at radius 3 is 2.21 bits per heavy atom. The quantitative estimate of drug-likeness (QED) is 0.465. The first-order chi connectivity index (χ1) is 14.0. The van der Waals surface area contributed by atoms with Crippen molar-refractivity contribution in [3.63, 3.8) is 0 Å². The summed E-state index contributed by atoms with van der Waals surface area (Å²) in [5.41, 5.74) is 5.02. The fourth-order valence-corrected chi connectivity index (χ4v) is 3.77. The first kappa shape index (κ1) is 20.8. The highest BCUT2D eigenvalue weighted by molar-refractivity contribution is 6.36. The highest BCUT2D eigenvalue weighted by Crippen LogP contribution is 2.35. The molecule has 0 unspecified atom stereocenters. The predicted molar refractivity (Wildman–Crippen MR) is 119 cm³/mol. The molecule has 0 spiro atoms. The van der Waals surface area contributed by atoms with Crippen LogP contribution in [0.3, 0.4) is 0 Å². The molecule has 0 N–H and O–H groups in total. The first-order valence-corrected chi connectivity index (χ1v) is 10.5. The number of likely N-dealkylation sites (N-methyl/N-ethyl adjacent to an activating group) is 1. The van der Waals surface area contributed by atoms with Crippen LogP contribution < -0.4 is 4.90 Å². The standard InChI is InChI=1S/C25H30N2O2/c1-5-7-11-16-27-24(28)22(20-15-14-18(3)19(4)17-20)23(25(27)29)26(6-2)21-12-9-8-10-13-21/h8-10,12-15,17H,5-7,11,16H2,1-4H3. The van der Waals surface area contributed by atoms with Gasteiger partial charge in [0.1, 0.15) is 5.70 Å². The number of para-hydroxylation sites is 1. The van der Waals surface area contributed by atoms with Gasteiger partial charge < -0.3 is 4.90 Å². The second kappa shape index (κ2) is 9.08. The Hall–Kier alpha value is -2.88. The number of hydrogen-bond donors (Lipinski definition) is 0. The number of imide groups is 1. The van der Waals surface area contributed by atoms with E-state index in [1.165, 1.54) is 10.5 Å². The number of nitrogens with zero attached hydrogens (tertiary/aromatic N) is 2. The lowest BCUT2D eigenvalue weighted by Gasteiger charge is -2.25. The number of benzene rings is 2. The van der Waals surface area contributed by atoms with Crippen molar-refractivity contribution in [3.8, 4) is 0 Å². The number of carbonyl (C=O) groups is 2. The molecule has 1 aliphatic heterocycles. The summed E-state index contributed by atoms with van der Waals surface area (Å²) in [6.07, 6.45) is 2.88. The van der Waals surface area contributed by atoms with Crippen LogP contribution in [0, 0.1) is 13.8 Å². The molecule has 0 aromatic heterocycles. The Kier molecular flexibility index (Phi) is 6.53. The zero-order valence-electron chi connectivity index (χ0n) is 17.9. The van der Waals surface area contributed by atoms with Crippen molar-refractivity contribution in [2.24, 2.45) is 0 Å². The molecule has 1 heterocycles. The van der Waals surface area contributed by atoms with Crippen LogP contribution in [0.4, 0.5) is 5.69 Å². The van der Waals surface area contributed by atoms with E-state index in [1.54, 1.807) is 0 Å². The first-order valence-electron chi connectivity index (χ1n) is 10.5. The van der Waals surface area contributed by atoms with Gasteiger partial charge in [0.25, 0.3) is 11.8 Å². The van der Waals surface area contributed by atoms with Crippen molar-refractivity contribution >= 4 is 23.1 Å². The second-order valence-electron chi connectivity index (χ2n) is 7.57. The molecule has 3 rings (SSSR count). The minimum Gasteiger partial charge on any atom is -0.337 e. The van der Waals surface area contributed by atoms with Crippen LogP contribution in [-0.4, -0.2) is 29.8 Å². The molecule has 1 aliphatic rings. The number of rotatable bonds is 8. The highest BCUT2D eigenvalue weighted by atomic mass is 16.2. The van der Waals surface area contributed by atoms with Crippen molar-refractivity contribution in [1.82, 2.24) is 4.90 Å². The van der Waals surface area contributed by atoms with E-state index >= 15 is 0 Å². The molecule has 29 heavy (non-hydrogen) atoms. The molecule has 152 valence electrons. The molecule has 0 bridgehead atoms. The molecule has 2 amide bonds. The van der Waals surface area contributed by atoms with Gasteiger partial charge in [0.2, 0.25) is 0 Å².